The highest BCUT2D eigenvalue weighted by Crippen LogP contribution is 2.38. The average Bonchev–Trinajstić information content (AvgIpc) is 3.61. The second-order valence-electron chi connectivity index (χ2n) is 10.4. The molecule has 3 N–H and O–H groups in total. The fraction of sp³-hybridized carbons (Fsp3) is 0.235. The average molecular weight is 660 g/mol. The Hall–Kier alpha value is -4.19. The van der Waals surface area contributed by atoms with Gasteiger partial charge in [0.25, 0.3) is 11.8 Å². The lowest BCUT2D eigenvalue weighted by atomic mass is 10.1. The zero-order valence-corrected chi connectivity index (χ0v) is 27.3. The SMILES string of the molecule is COC(=O)c1c(NC(=O)C(C)Sc2cccc(NC(=O)/C(=C/c3cccs3)NC(=O)c3ccccc3)c2)sc2c1CCCCC2. The van der Waals surface area contributed by atoms with E-state index in [0.717, 1.165) is 52.3 Å². The lowest BCUT2D eigenvalue weighted by Gasteiger charge is -2.14. The minimum atomic E-state index is -0.497. The van der Waals surface area contributed by atoms with Gasteiger partial charge in [0.15, 0.2) is 0 Å². The zero-order chi connectivity index (χ0) is 31.8. The minimum absolute atomic E-state index is 0.105. The molecule has 2 aromatic carbocycles. The molecule has 1 unspecified atom stereocenters. The van der Waals surface area contributed by atoms with Crippen LogP contribution in [0, 0.1) is 0 Å². The van der Waals surface area contributed by atoms with Crippen molar-refractivity contribution >= 4 is 74.9 Å². The molecule has 2 heterocycles. The Bertz CT molecular complexity index is 1710. The molecule has 3 amide bonds. The summed E-state index contributed by atoms with van der Waals surface area (Å²) < 4.78 is 5.06. The summed E-state index contributed by atoms with van der Waals surface area (Å²) in [6.07, 6.45) is 6.51. The molecule has 5 rings (SSSR count). The predicted octanol–water partition coefficient (Wildman–Crippen LogP) is 7.39. The van der Waals surface area contributed by atoms with Gasteiger partial charge in [0.1, 0.15) is 10.7 Å². The third-order valence-electron chi connectivity index (χ3n) is 7.18. The van der Waals surface area contributed by atoms with Crippen molar-refractivity contribution in [3.05, 3.63) is 104 Å². The van der Waals surface area contributed by atoms with Crippen LogP contribution in [0.4, 0.5) is 10.7 Å². The summed E-state index contributed by atoms with van der Waals surface area (Å²) in [7, 11) is 1.36. The van der Waals surface area contributed by atoms with Crippen LogP contribution in [-0.4, -0.2) is 36.1 Å². The van der Waals surface area contributed by atoms with Crippen molar-refractivity contribution < 1.29 is 23.9 Å². The lowest BCUT2D eigenvalue weighted by Crippen LogP contribution is -2.30. The topological polar surface area (TPSA) is 114 Å². The minimum Gasteiger partial charge on any atom is -0.465 e. The van der Waals surface area contributed by atoms with Crippen molar-refractivity contribution in [2.24, 2.45) is 0 Å². The fourth-order valence-electron chi connectivity index (χ4n) is 4.92. The highest BCUT2D eigenvalue weighted by molar-refractivity contribution is 8.00. The number of aryl methyl sites for hydroxylation is 1. The number of anilines is 2. The van der Waals surface area contributed by atoms with E-state index in [-0.39, 0.29) is 11.6 Å². The summed E-state index contributed by atoms with van der Waals surface area (Å²) in [5, 5.41) is 10.5. The molecule has 0 spiro atoms. The summed E-state index contributed by atoms with van der Waals surface area (Å²) in [6, 6.07) is 19.6. The van der Waals surface area contributed by atoms with Crippen LogP contribution < -0.4 is 16.0 Å². The number of rotatable bonds is 10. The maximum atomic E-state index is 13.4. The van der Waals surface area contributed by atoms with E-state index in [1.807, 2.05) is 29.6 Å². The molecule has 1 aliphatic carbocycles. The first-order valence-corrected chi connectivity index (χ1v) is 17.1. The van der Waals surface area contributed by atoms with Crippen molar-refractivity contribution in [1.29, 1.82) is 0 Å². The van der Waals surface area contributed by atoms with Gasteiger partial charge < -0.3 is 20.7 Å². The maximum absolute atomic E-state index is 13.4. The van der Waals surface area contributed by atoms with Crippen LogP contribution in [0.15, 0.2) is 82.7 Å². The largest absolute Gasteiger partial charge is 0.465 e. The van der Waals surface area contributed by atoms with E-state index in [9.17, 15) is 19.2 Å². The van der Waals surface area contributed by atoms with Gasteiger partial charge >= 0.3 is 5.97 Å². The van der Waals surface area contributed by atoms with Crippen LogP contribution in [-0.2, 0) is 27.2 Å². The van der Waals surface area contributed by atoms with Gasteiger partial charge in [-0.3, -0.25) is 14.4 Å². The van der Waals surface area contributed by atoms with E-state index in [1.54, 1.807) is 55.5 Å². The molecule has 11 heteroatoms. The predicted molar refractivity (Wildman–Crippen MR) is 182 cm³/mol. The molecule has 4 aromatic rings. The molecular formula is C34H33N3O5S3. The van der Waals surface area contributed by atoms with Gasteiger partial charge in [-0.05, 0) is 86.0 Å². The summed E-state index contributed by atoms with van der Waals surface area (Å²) in [5.74, 6) is -1.54. The van der Waals surface area contributed by atoms with Crippen LogP contribution >= 0.6 is 34.4 Å². The Morgan fingerprint density at radius 3 is 2.49 bits per heavy atom. The van der Waals surface area contributed by atoms with Gasteiger partial charge in [0.05, 0.1) is 17.9 Å². The Labute approximate surface area is 274 Å². The van der Waals surface area contributed by atoms with Crippen LogP contribution in [0.2, 0.25) is 0 Å². The molecule has 0 bridgehead atoms. The Morgan fingerprint density at radius 1 is 0.933 bits per heavy atom. The van der Waals surface area contributed by atoms with Gasteiger partial charge in [-0.25, -0.2) is 4.79 Å². The van der Waals surface area contributed by atoms with Crippen LogP contribution in [0.25, 0.3) is 6.08 Å². The summed E-state index contributed by atoms with van der Waals surface area (Å²) in [6.45, 7) is 1.79. The molecule has 1 atom stereocenters. The number of carbonyl (C=O) groups is 4. The van der Waals surface area contributed by atoms with Crippen molar-refractivity contribution in [1.82, 2.24) is 5.32 Å². The number of hydrogen-bond donors (Lipinski definition) is 3. The maximum Gasteiger partial charge on any atom is 0.341 e. The number of nitrogens with one attached hydrogen (secondary N) is 3. The number of thiophene rings is 2. The number of ether oxygens (including phenoxy) is 1. The van der Waals surface area contributed by atoms with Crippen molar-refractivity contribution in [2.75, 3.05) is 17.7 Å². The van der Waals surface area contributed by atoms with E-state index in [0.29, 0.717) is 21.8 Å². The number of thioether (sulfide) groups is 1. The molecule has 8 nitrogen and oxygen atoms in total. The molecule has 0 radical (unpaired) electrons. The number of benzene rings is 2. The molecule has 232 valence electrons. The lowest BCUT2D eigenvalue weighted by molar-refractivity contribution is -0.115. The molecule has 2 aromatic heterocycles. The molecule has 45 heavy (non-hydrogen) atoms. The summed E-state index contributed by atoms with van der Waals surface area (Å²) >= 11 is 4.24. The number of carbonyl (C=O) groups excluding carboxylic acids is 4. The normalized spacial score (nSPS) is 13.6. The van der Waals surface area contributed by atoms with Crippen LogP contribution in [0.5, 0.6) is 0 Å². The van der Waals surface area contributed by atoms with Gasteiger partial charge in [0.2, 0.25) is 5.91 Å². The molecule has 0 fully saturated rings. The number of hydrogen-bond acceptors (Lipinski definition) is 8. The van der Waals surface area contributed by atoms with Gasteiger partial charge in [-0.15, -0.1) is 34.4 Å². The highest BCUT2D eigenvalue weighted by atomic mass is 32.2. The quantitative estimate of drug-likeness (QED) is 0.0708. The van der Waals surface area contributed by atoms with Crippen molar-refractivity contribution in [2.45, 2.75) is 49.2 Å². The Morgan fingerprint density at radius 2 is 1.73 bits per heavy atom. The van der Waals surface area contributed by atoms with Gasteiger partial charge in [-0.1, -0.05) is 36.8 Å². The first-order chi connectivity index (χ1) is 21.8. The van der Waals surface area contributed by atoms with E-state index in [1.165, 1.54) is 41.5 Å². The fourth-order valence-corrected chi connectivity index (χ4v) is 7.79. The number of amides is 3. The summed E-state index contributed by atoms with van der Waals surface area (Å²) in [4.78, 5) is 54.9. The van der Waals surface area contributed by atoms with E-state index < -0.39 is 23.0 Å². The molecule has 0 aliphatic heterocycles. The van der Waals surface area contributed by atoms with E-state index >= 15 is 0 Å². The molecule has 1 aliphatic rings. The van der Waals surface area contributed by atoms with Gasteiger partial charge in [-0.2, -0.15) is 0 Å². The standard InChI is InChI=1S/C34H33N3O5S3/c1-21(30(38)37-33-29(34(41)42-2)26-16-7-4-8-17-28(26)45-33)44-25-14-9-13-23(19-25)35-32(40)27(20-24-15-10-18-43-24)36-31(39)22-11-5-3-6-12-22/h3,5-6,9-15,18-21H,4,7-8,16-17H2,1-2H3,(H,35,40)(H,36,39)(H,37,38)/b27-20-. The van der Waals surface area contributed by atoms with E-state index in [2.05, 4.69) is 16.0 Å². The monoisotopic (exact) mass is 659 g/mol. The number of methoxy groups -OCH3 is 1. The third kappa shape index (κ3) is 8.30. The number of fused-ring (bicyclic) bond motifs is 1. The molecule has 0 saturated heterocycles. The highest BCUT2D eigenvalue weighted by Gasteiger charge is 2.27. The first-order valence-electron chi connectivity index (χ1n) is 14.6. The summed E-state index contributed by atoms with van der Waals surface area (Å²) in [5.41, 5.74) is 2.52. The van der Waals surface area contributed by atoms with Crippen LogP contribution in [0.1, 0.15) is 62.2 Å². The third-order valence-corrected chi connectivity index (χ3v) is 10.3. The van der Waals surface area contributed by atoms with Crippen molar-refractivity contribution in [3.63, 3.8) is 0 Å². The molecule has 0 saturated carbocycles. The molecular weight excluding hydrogens is 627 g/mol. The van der Waals surface area contributed by atoms with Crippen LogP contribution in [0.3, 0.4) is 0 Å². The smallest absolute Gasteiger partial charge is 0.341 e. The zero-order valence-electron chi connectivity index (χ0n) is 24.9. The Balaban J connectivity index is 1.27. The Kier molecular flexibility index (Phi) is 10.9. The second-order valence-corrected chi connectivity index (χ2v) is 13.9. The number of esters is 1. The van der Waals surface area contributed by atoms with Gasteiger partial charge in [0, 0.05) is 25.9 Å². The van der Waals surface area contributed by atoms with E-state index in [4.69, 9.17) is 4.74 Å². The second kappa shape index (κ2) is 15.2. The van der Waals surface area contributed by atoms with Crippen molar-refractivity contribution in [3.8, 4) is 0 Å². The first kappa shape index (κ1) is 32.2.